The Morgan fingerprint density at radius 2 is 1.48 bits per heavy atom. The van der Waals surface area contributed by atoms with E-state index >= 15 is 0 Å². The van der Waals surface area contributed by atoms with Crippen LogP contribution < -0.4 is 4.74 Å². The van der Waals surface area contributed by atoms with E-state index < -0.39 is 11.1 Å². The summed E-state index contributed by atoms with van der Waals surface area (Å²) in [5, 5.41) is 11.6. The van der Waals surface area contributed by atoms with Crippen molar-refractivity contribution >= 4 is 16.8 Å². The summed E-state index contributed by atoms with van der Waals surface area (Å²) in [6.07, 6.45) is 0.799. The Kier molecular flexibility index (Phi) is 7.47. The van der Waals surface area contributed by atoms with Gasteiger partial charge >= 0.3 is 0 Å². The van der Waals surface area contributed by atoms with E-state index in [1.54, 1.807) is 6.07 Å². The Bertz CT molecular complexity index is 2080. The standard InChI is InChI=1S/C43H46N2O3/c1-25(2)33-14-12-15-34(26(3)4)38(33)30-21-31(23-32(22-30)47-37-18-17-28-19-27(5)20-36(46)39(28)44-37)40-45-42(8)24-29-13-10-11-16-35(29)41(6,7)43(42,9)48-40/h10-23,25-26,46H,24H2,1-9H3/t42-,43+/m0/s1. The van der Waals surface area contributed by atoms with Crippen LogP contribution in [0.5, 0.6) is 17.4 Å². The van der Waals surface area contributed by atoms with Gasteiger partial charge in [0.2, 0.25) is 11.8 Å². The van der Waals surface area contributed by atoms with Gasteiger partial charge in [-0.3, -0.25) is 0 Å². The number of hydrogen-bond donors (Lipinski definition) is 1. The number of ether oxygens (including phenoxy) is 2. The van der Waals surface area contributed by atoms with Crippen LogP contribution >= 0.6 is 0 Å². The second kappa shape index (κ2) is 11.2. The molecule has 1 aliphatic heterocycles. The maximum atomic E-state index is 10.7. The van der Waals surface area contributed by atoms with Crippen LogP contribution in [0.4, 0.5) is 0 Å². The topological polar surface area (TPSA) is 63.9 Å². The first-order valence-corrected chi connectivity index (χ1v) is 17.1. The number of aryl methyl sites for hydroxylation is 1. The zero-order valence-electron chi connectivity index (χ0n) is 29.6. The van der Waals surface area contributed by atoms with Gasteiger partial charge in [0.1, 0.15) is 28.2 Å². The third-order valence-electron chi connectivity index (χ3n) is 11.0. The van der Waals surface area contributed by atoms with Crippen molar-refractivity contribution in [3.05, 3.63) is 118 Å². The first-order chi connectivity index (χ1) is 22.7. The van der Waals surface area contributed by atoms with E-state index in [0.717, 1.165) is 28.5 Å². The normalized spacial score (nSPS) is 21.2. The van der Waals surface area contributed by atoms with Crippen LogP contribution in [0, 0.1) is 6.92 Å². The second-order valence-corrected chi connectivity index (χ2v) is 15.3. The largest absolute Gasteiger partial charge is 0.506 e. The Morgan fingerprint density at radius 1 is 0.792 bits per heavy atom. The van der Waals surface area contributed by atoms with Gasteiger partial charge in [0, 0.05) is 28.9 Å². The average Bonchev–Trinajstić information content (AvgIpc) is 3.32. The summed E-state index contributed by atoms with van der Waals surface area (Å²) in [5.41, 5.74) is 8.49. The number of aromatic hydroxyl groups is 1. The molecule has 0 bridgehead atoms. The highest BCUT2D eigenvalue weighted by molar-refractivity contribution is 5.98. The number of nitrogens with zero attached hydrogens (tertiary/aromatic N) is 2. The molecule has 48 heavy (non-hydrogen) atoms. The molecule has 0 radical (unpaired) electrons. The number of aromatic nitrogens is 1. The zero-order chi connectivity index (χ0) is 34.2. The first kappa shape index (κ1) is 31.9. The molecule has 1 N–H and O–H groups in total. The molecule has 0 unspecified atom stereocenters. The van der Waals surface area contributed by atoms with Crippen LogP contribution in [0.1, 0.15) is 101 Å². The van der Waals surface area contributed by atoms with Crippen molar-refractivity contribution in [1.82, 2.24) is 4.98 Å². The number of phenolic OH excluding ortho intramolecular Hbond substituents is 1. The molecule has 0 saturated carbocycles. The van der Waals surface area contributed by atoms with Crippen molar-refractivity contribution in [2.24, 2.45) is 4.99 Å². The minimum atomic E-state index is -0.574. The molecule has 5 aromatic rings. The summed E-state index contributed by atoms with van der Waals surface area (Å²) in [4.78, 5) is 10.1. The highest BCUT2D eigenvalue weighted by Gasteiger charge is 2.64. The molecule has 5 nitrogen and oxygen atoms in total. The molecule has 0 fully saturated rings. The van der Waals surface area contributed by atoms with E-state index in [2.05, 4.69) is 110 Å². The van der Waals surface area contributed by atoms with E-state index in [1.807, 2.05) is 31.2 Å². The molecule has 1 aliphatic carbocycles. The predicted octanol–water partition coefficient (Wildman–Crippen LogP) is 10.8. The fourth-order valence-electron chi connectivity index (χ4n) is 8.03. The van der Waals surface area contributed by atoms with E-state index in [4.69, 9.17) is 19.5 Å². The van der Waals surface area contributed by atoms with Gasteiger partial charge < -0.3 is 14.6 Å². The molecule has 4 aromatic carbocycles. The Balaban J connectivity index is 1.40. The van der Waals surface area contributed by atoms with Crippen molar-refractivity contribution in [2.75, 3.05) is 0 Å². The van der Waals surface area contributed by atoms with E-state index in [9.17, 15) is 5.11 Å². The van der Waals surface area contributed by atoms with Crippen LogP contribution in [-0.4, -0.2) is 27.1 Å². The smallest absolute Gasteiger partial charge is 0.219 e. The molecular formula is C43H46N2O3. The molecule has 5 heteroatoms. The summed E-state index contributed by atoms with van der Waals surface area (Å²) < 4.78 is 13.7. The monoisotopic (exact) mass is 638 g/mol. The molecule has 246 valence electrons. The number of benzene rings is 4. The maximum absolute atomic E-state index is 10.7. The van der Waals surface area contributed by atoms with Crippen molar-refractivity contribution in [2.45, 2.75) is 97.1 Å². The molecular weight excluding hydrogens is 592 g/mol. The third-order valence-corrected chi connectivity index (χ3v) is 11.0. The fraction of sp³-hybridized carbons (Fsp3) is 0.349. The van der Waals surface area contributed by atoms with Gasteiger partial charge in [0.15, 0.2) is 0 Å². The lowest BCUT2D eigenvalue weighted by Gasteiger charge is -2.53. The number of phenols is 1. The van der Waals surface area contributed by atoms with Gasteiger partial charge in [0.25, 0.3) is 0 Å². The second-order valence-electron chi connectivity index (χ2n) is 15.3. The summed E-state index contributed by atoms with van der Waals surface area (Å²) >= 11 is 0. The zero-order valence-corrected chi connectivity index (χ0v) is 29.6. The summed E-state index contributed by atoms with van der Waals surface area (Å²) in [6, 6.07) is 29.2. The Labute approximate surface area is 284 Å². The molecule has 2 heterocycles. The molecule has 0 amide bonds. The highest BCUT2D eigenvalue weighted by Crippen LogP contribution is 2.55. The van der Waals surface area contributed by atoms with Crippen molar-refractivity contribution in [3.63, 3.8) is 0 Å². The average molecular weight is 639 g/mol. The summed E-state index contributed by atoms with van der Waals surface area (Å²) in [5.74, 6) is 2.44. The van der Waals surface area contributed by atoms with Crippen LogP contribution in [0.15, 0.2) is 89.9 Å². The highest BCUT2D eigenvalue weighted by atomic mass is 16.5. The van der Waals surface area contributed by atoms with Crippen LogP contribution in [0.25, 0.3) is 22.0 Å². The summed E-state index contributed by atoms with van der Waals surface area (Å²) in [6.45, 7) is 20.0. The summed E-state index contributed by atoms with van der Waals surface area (Å²) in [7, 11) is 0. The Hall–Kier alpha value is -4.64. The van der Waals surface area contributed by atoms with Crippen LogP contribution in [-0.2, 0) is 16.6 Å². The molecule has 0 spiro atoms. The third kappa shape index (κ3) is 4.98. The van der Waals surface area contributed by atoms with Gasteiger partial charge in [-0.15, -0.1) is 0 Å². The molecule has 2 aliphatic rings. The minimum absolute atomic E-state index is 0.138. The number of rotatable bonds is 6. The van der Waals surface area contributed by atoms with Gasteiger partial charge in [0.05, 0.1) is 0 Å². The lowest BCUT2D eigenvalue weighted by molar-refractivity contribution is -0.0384. The van der Waals surface area contributed by atoms with E-state index in [1.165, 1.54) is 27.8 Å². The van der Waals surface area contributed by atoms with Gasteiger partial charge in [-0.2, -0.15) is 0 Å². The van der Waals surface area contributed by atoms with Gasteiger partial charge in [-0.05, 0) is 108 Å². The molecule has 2 atom stereocenters. The maximum Gasteiger partial charge on any atom is 0.219 e. The van der Waals surface area contributed by atoms with Crippen molar-refractivity contribution < 1.29 is 14.6 Å². The number of pyridine rings is 1. The first-order valence-electron chi connectivity index (χ1n) is 17.1. The number of hydrogen-bond acceptors (Lipinski definition) is 5. The molecule has 7 rings (SSSR count). The van der Waals surface area contributed by atoms with Crippen LogP contribution in [0.2, 0.25) is 0 Å². The predicted molar refractivity (Wildman–Crippen MR) is 196 cm³/mol. The van der Waals surface area contributed by atoms with E-state index in [0.29, 0.717) is 34.9 Å². The quantitative estimate of drug-likeness (QED) is 0.201. The lowest BCUT2D eigenvalue weighted by Crippen LogP contribution is -2.62. The van der Waals surface area contributed by atoms with E-state index in [-0.39, 0.29) is 11.2 Å². The van der Waals surface area contributed by atoms with Crippen molar-refractivity contribution in [3.8, 4) is 28.5 Å². The number of fused-ring (bicyclic) bond motifs is 3. The van der Waals surface area contributed by atoms with Gasteiger partial charge in [-0.1, -0.05) is 84.0 Å². The van der Waals surface area contributed by atoms with Gasteiger partial charge in [-0.25, -0.2) is 9.98 Å². The Morgan fingerprint density at radius 3 is 2.19 bits per heavy atom. The lowest BCUT2D eigenvalue weighted by atomic mass is 9.56. The van der Waals surface area contributed by atoms with Crippen LogP contribution in [0.3, 0.4) is 0 Å². The molecule has 1 aromatic heterocycles. The SMILES string of the molecule is Cc1cc(O)c2nc(Oc3cc(C4=N[C@@]5(C)Cc6ccccc6C(C)(C)[C@@]5(C)O4)cc(-c4c(C(C)C)cccc4C(C)C)c3)ccc2c1. The number of aliphatic imine (C=N–C) groups is 1. The fourth-order valence-corrected chi connectivity index (χ4v) is 8.03. The molecule has 0 saturated heterocycles. The van der Waals surface area contributed by atoms with Crippen molar-refractivity contribution in [1.29, 1.82) is 0 Å². The minimum Gasteiger partial charge on any atom is -0.506 e.